The van der Waals surface area contributed by atoms with E-state index in [2.05, 4.69) is 27.9 Å². The van der Waals surface area contributed by atoms with Crippen molar-refractivity contribution in [3.05, 3.63) is 26.3 Å². The number of hydrogen-bond donors (Lipinski definition) is 1. The molecule has 1 aromatic rings. The van der Waals surface area contributed by atoms with E-state index >= 15 is 0 Å². The van der Waals surface area contributed by atoms with Crippen molar-refractivity contribution >= 4 is 50.1 Å². The molecule has 1 atom stereocenters. The molecule has 0 spiro atoms. The number of nitrogens with zero attached hydrogens (tertiary/aromatic N) is 1. The number of sulfonamides is 1. The van der Waals surface area contributed by atoms with E-state index in [1.807, 2.05) is 0 Å². The van der Waals surface area contributed by atoms with E-state index in [-0.39, 0.29) is 18.5 Å². The summed E-state index contributed by atoms with van der Waals surface area (Å²) in [6.07, 6.45) is 2.62. The van der Waals surface area contributed by atoms with Crippen molar-refractivity contribution < 1.29 is 17.9 Å². The summed E-state index contributed by atoms with van der Waals surface area (Å²) < 4.78 is 30.7. The summed E-state index contributed by atoms with van der Waals surface area (Å²) in [6.45, 7) is 0.773. The van der Waals surface area contributed by atoms with E-state index in [0.717, 1.165) is 9.99 Å². The summed E-state index contributed by atoms with van der Waals surface area (Å²) in [5, 5.41) is 3.34. The maximum atomic E-state index is 12.5. The highest BCUT2D eigenvalue weighted by molar-refractivity contribution is 14.1. The molecule has 0 aliphatic carbocycles. The van der Waals surface area contributed by atoms with Crippen molar-refractivity contribution in [3.8, 4) is 5.75 Å². The standard InChI is InChI=1S/C14H18ClIN2O4S/c1-22-13-7-12(16)11(15)6-10(13)14(19)17-9-4-3-5-18(8-9)23(2,20)21/h6-7,9H,3-5,8H2,1-2H3,(H,17,19). The lowest BCUT2D eigenvalue weighted by Crippen LogP contribution is -2.49. The third-order valence-electron chi connectivity index (χ3n) is 3.68. The summed E-state index contributed by atoms with van der Waals surface area (Å²) in [4.78, 5) is 12.5. The van der Waals surface area contributed by atoms with Gasteiger partial charge in [-0.25, -0.2) is 12.7 Å². The maximum Gasteiger partial charge on any atom is 0.255 e. The highest BCUT2D eigenvalue weighted by Gasteiger charge is 2.27. The first-order valence-electron chi connectivity index (χ1n) is 7.01. The number of carbonyl (C=O) groups excluding carboxylic acids is 1. The molecule has 1 aliphatic heterocycles. The SMILES string of the molecule is COc1cc(I)c(Cl)cc1C(=O)NC1CCCN(S(C)(=O)=O)C1. The molecular formula is C14H18ClIN2O4S. The van der Waals surface area contributed by atoms with Crippen LogP contribution >= 0.6 is 34.2 Å². The van der Waals surface area contributed by atoms with Gasteiger partial charge in [0.2, 0.25) is 10.0 Å². The quantitative estimate of drug-likeness (QED) is 0.681. The number of amides is 1. The highest BCUT2D eigenvalue weighted by Crippen LogP contribution is 2.28. The molecule has 1 aliphatic rings. The number of methoxy groups -OCH3 is 1. The molecular weight excluding hydrogens is 455 g/mol. The summed E-state index contributed by atoms with van der Waals surface area (Å²) >= 11 is 8.15. The number of halogens is 2. The van der Waals surface area contributed by atoms with Gasteiger partial charge in [-0.15, -0.1) is 0 Å². The highest BCUT2D eigenvalue weighted by atomic mass is 127. The minimum Gasteiger partial charge on any atom is -0.496 e. The topological polar surface area (TPSA) is 75.7 Å². The number of rotatable bonds is 4. The van der Waals surface area contributed by atoms with Gasteiger partial charge >= 0.3 is 0 Å². The van der Waals surface area contributed by atoms with E-state index in [9.17, 15) is 13.2 Å². The van der Waals surface area contributed by atoms with Gasteiger partial charge in [-0.2, -0.15) is 0 Å². The van der Waals surface area contributed by atoms with Gasteiger partial charge in [0, 0.05) is 22.7 Å². The fourth-order valence-corrected chi connectivity index (χ4v) is 4.01. The Morgan fingerprint density at radius 3 is 2.78 bits per heavy atom. The first-order valence-corrected chi connectivity index (χ1v) is 10.3. The van der Waals surface area contributed by atoms with Crippen LogP contribution in [0, 0.1) is 3.57 Å². The Bertz CT molecular complexity index is 711. The predicted molar refractivity (Wildman–Crippen MR) is 97.6 cm³/mol. The van der Waals surface area contributed by atoms with Crippen molar-refractivity contribution in [2.75, 3.05) is 26.5 Å². The van der Waals surface area contributed by atoms with Gasteiger partial charge in [0.25, 0.3) is 5.91 Å². The molecule has 1 fully saturated rings. The van der Waals surface area contributed by atoms with Gasteiger partial charge in [0.15, 0.2) is 0 Å². The third-order valence-corrected chi connectivity index (χ3v) is 6.47. The molecule has 1 heterocycles. The first-order chi connectivity index (χ1) is 10.7. The summed E-state index contributed by atoms with van der Waals surface area (Å²) in [6, 6.07) is 3.03. The number of nitrogens with one attached hydrogen (secondary N) is 1. The minimum atomic E-state index is -3.25. The lowest BCUT2D eigenvalue weighted by atomic mass is 10.1. The summed E-state index contributed by atoms with van der Waals surface area (Å²) in [5.41, 5.74) is 0.342. The van der Waals surface area contributed by atoms with Gasteiger partial charge in [-0.1, -0.05) is 11.6 Å². The molecule has 128 valence electrons. The molecule has 6 nitrogen and oxygen atoms in total. The molecule has 1 aromatic carbocycles. The lowest BCUT2D eigenvalue weighted by molar-refractivity contribution is 0.0918. The van der Waals surface area contributed by atoms with Crippen molar-refractivity contribution in [1.29, 1.82) is 0 Å². The summed E-state index contributed by atoms with van der Waals surface area (Å²) in [7, 11) is -1.76. The number of piperidine rings is 1. The molecule has 0 bridgehead atoms. The third kappa shape index (κ3) is 4.71. The van der Waals surface area contributed by atoms with Gasteiger partial charge < -0.3 is 10.1 Å². The Balaban J connectivity index is 2.15. The summed E-state index contributed by atoms with van der Waals surface area (Å²) in [5.74, 6) is 0.118. The average Bonchev–Trinajstić information content (AvgIpc) is 2.48. The van der Waals surface area contributed by atoms with Crippen molar-refractivity contribution in [2.45, 2.75) is 18.9 Å². The molecule has 2 rings (SSSR count). The molecule has 9 heteroatoms. The van der Waals surface area contributed by atoms with Crippen LogP contribution in [0.5, 0.6) is 5.75 Å². The van der Waals surface area contributed by atoms with Crippen LogP contribution in [0.15, 0.2) is 12.1 Å². The minimum absolute atomic E-state index is 0.228. The second-order valence-electron chi connectivity index (χ2n) is 5.40. The maximum absolute atomic E-state index is 12.5. The number of ether oxygens (including phenoxy) is 1. The second kappa shape index (κ2) is 7.54. The van der Waals surface area contributed by atoms with E-state index in [1.54, 1.807) is 12.1 Å². The Hall–Kier alpha value is -0.580. The molecule has 1 unspecified atom stereocenters. The largest absolute Gasteiger partial charge is 0.496 e. The van der Waals surface area contributed by atoms with Crippen LogP contribution in [0.3, 0.4) is 0 Å². The van der Waals surface area contributed by atoms with Crippen LogP contribution in [0.4, 0.5) is 0 Å². The van der Waals surface area contributed by atoms with Crippen LogP contribution in [0.25, 0.3) is 0 Å². The van der Waals surface area contributed by atoms with Crippen LogP contribution in [-0.4, -0.2) is 51.1 Å². The molecule has 1 N–H and O–H groups in total. The van der Waals surface area contributed by atoms with Crippen LogP contribution in [-0.2, 0) is 10.0 Å². The first kappa shape index (κ1) is 18.8. The second-order valence-corrected chi connectivity index (χ2v) is 8.95. The van der Waals surface area contributed by atoms with Crippen molar-refractivity contribution in [2.24, 2.45) is 0 Å². The van der Waals surface area contributed by atoms with Crippen LogP contribution < -0.4 is 10.1 Å². The molecule has 1 amide bonds. The molecule has 23 heavy (non-hydrogen) atoms. The number of carbonyl (C=O) groups is 1. The average molecular weight is 473 g/mol. The zero-order valence-corrected chi connectivity index (χ0v) is 16.5. The molecule has 0 radical (unpaired) electrons. The Morgan fingerprint density at radius 1 is 1.48 bits per heavy atom. The predicted octanol–water partition coefficient (Wildman–Crippen LogP) is 2.11. The molecule has 0 aromatic heterocycles. The lowest BCUT2D eigenvalue weighted by Gasteiger charge is -2.31. The zero-order valence-electron chi connectivity index (χ0n) is 12.8. The number of hydrogen-bond acceptors (Lipinski definition) is 4. The van der Waals surface area contributed by atoms with Crippen molar-refractivity contribution in [1.82, 2.24) is 9.62 Å². The molecule has 0 saturated carbocycles. The van der Waals surface area contributed by atoms with Gasteiger partial charge in [0.1, 0.15) is 5.75 Å². The van der Waals surface area contributed by atoms with Gasteiger partial charge in [0.05, 0.1) is 24.0 Å². The monoisotopic (exact) mass is 472 g/mol. The van der Waals surface area contributed by atoms with E-state index in [4.69, 9.17) is 16.3 Å². The van der Waals surface area contributed by atoms with Gasteiger partial charge in [-0.05, 0) is 47.6 Å². The van der Waals surface area contributed by atoms with E-state index < -0.39 is 10.0 Å². The van der Waals surface area contributed by atoms with Crippen LogP contribution in [0.1, 0.15) is 23.2 Å². The van der Waals surface area contributed by atoms with Gasteiger partial charge in [-0.3, -0.25) is 4.79 Å². The number of benzene rings is 1. The fourth-order valence-electron chi connectivity index (χ4n) is 2.50. The Kier molecular flexibility index (Phi) is 6.15. The Morgan fingerprint density at radius 2 is 2.17 bits per heavy atom. The molecule has 1 saturated heterocycles. The Labute approximate surface area is 154 Å². The van der Waals surface area contributed by atoms with Crippen molar-refractivity contribution in [3.63, 3.8) is 0 Å². The van der Waals surface area contributed by atoms with E-state index in [1.165, 1.54) is 17.7 Å². The zero-order chi connectivity index (χ0) is 17.2. The fraction of sp³-hybridized carbons (Fsp3) is 0.500. The van der Waals surface area contributed by atoms with E-state index in [0.29, 0.717) is 29.3 Å². The van der Waals surface area contributed by atoms with Crippen LogP contribution in [0.2, 0.25) is 5.02 Å². The smallest absolute Gasteiger partial charge is 0.255 e. The normalized spacial score (nSPS) is 19.4.